The molecule has 0 radical (unpaired) electrons. The van der Waals surface area contributed by atoms with E-state index in [1.54, 1.807) is 17.5 Å². The van der Waals surface area contributed by atoms with Gasteiger partial charge >= 0.3 is 0 Å². The molecule has 2 aromatic heterocycles. The minimum absolute atomic E-state index is 0.769. The van der Waals surface area contributed by atoms with Gasteiger partial charge in [0, 0.05) is 37.2 Å². The molecule has 0 unspecified atom stereocenters. The maximum atomic E-state index is 5.31. The Morgan fingerprint density at radius 2 is 2.21 bits per heavy atom. The van der Waals surface area contributed by atoms with E-state index in [1.165, 1.54) is 0 Å². The van der Waals surface area contributed by atoms with E-state index in [2.05, 4.69) is 26.5 Å². The molecule has 1 aliphatic heterocycles. The van der Waals surface area contributed by atoms with E-state index in [9.17, 15) is 0 Å². The maximum absolute atomic E-state index is 5.31. The van der Waals surface area contributed by atoms with Crippen molar-refractivity contribution < 1.29 is 4.74 Å². The largest absolute Gasteiger partial charge is 0.379 e. The SMILES string of the molecule is c1cncc(-c2cnc(CNN3CCOCC3)s2)c1. The number of nitrogens with zero attached hydrogens (tertiary/aromatic N) is 3. The average Bonchev–Trinajstić information content (AvgIpc) is 2.96. The second-order valence-corrected chi connectivity index (χ2v) is 5.41. The van der Waals surface area contributed by atoms with Gasteiger partial charge in [-0.1, -0.05) is 6.07 Å². The first-order valence-electron chi connectivity index (χ1n) is 6.33. The standard InChI is InChI=1S/C13H16N4OS/c1-2-11(8-14-3-1)12-9-15-13(19-12)10-16-17-4-6-18-7-5-17/h1-3,8-9,16H,4-7,10H2. The zero-order valence-corrected chi connectivity index (χ0v) is 11.4. The fourth-order valence-corrected chi connectivity index (χ4v) is 2.77. The van der Waals surface area contributed by atoms with Crippen LogP contribution in [-0.2, 0) is 11.3 Å². The number of aromatic nitrogens is 2. The van der Waals surface area contributed by atoms with Crippen LogP contribution in [0, 0.1) is 0 Å². The van der Waals surface area contributed by atoms with Crippen LogP contribution in [0.3, 0.4) is 0 Å². The second kappa shape index (κ2) is 6.21. The summed E-state index contributed by atoms with van der Waals surface area (Å²) < 4.78 is 5.31. The number of hydrogen-bond acceptors (Lipinski definition) is 6. The number of ether oxygens (including phenoxy) is 1. The summed E-state index contributed by atoms with van der Waals surface area (Å²) in [5, 5.41) is 3.28. The van der Waals surface area contributed by atoms with E-state index < -0.39 is 0 Å². The number of hydrazine groups is 1. The molecule has 0 bridgehead atoms. The Morgan fingerprint density at radius 3 is 3.00 bits per heavy atom. The Morgan fingerprint density at radius 1 is 1.32 bits per heavy atom. The normalized spacial score (nSPS) is 16.6. The molecule has 5 nitrogen and oxygen atoms in total. The zero-order valence-electron chi connectivity index (χ0n) is 10.6. The molecule has 0 aromatic carbocycles. The molecule has 3 rings (SSSR count). The van der Waals surface area contributed by atoms with Crippen molar-refractivity contribution >= 4 is 11.3 Å². The van der Waals surface area contributed by atoms with Gasteiger partial charge in [0.1, 0.15) is 5.01 Å². The van der Waals surface area contributed by atoms with Crippen molar-refractivity contribution in [3.05, 3.63) is 35.7 Å². The lowest BCUT2D eigenvalue weighted by molar-refractivity contribution is 0.0105. The summed E-state index contributed by atoms with van der Waals surface area (Å²) in [4.78, 5) is 9.74. The molecule has 1 aliphatic rings. The van der Waals surface area contributed by atoms with Crippen molar-refractivity contribution in [3.8, 4) is 10.4 Å². The van der Waals surface area contributed by atoms with E-state index >= 15 is 0 Å². The summed E-state index contributed by atoms with van der Waals surface area (Å²) in [6.07, 6.45) is 5.57. The Labute approximate surface area is 116 Å². The molecule has 0 aliphatic carbocycles. The van der Waals surface area contributed by atoms with Gasteiger partial charge in [0.25, 0.3) is 0 Å². The van der Waals surface area contributed by atoms with Crippen molar-refractivity contribution in [1.29, 1.82) is 0 Å². The summed E-state index contributed by atoms with van der Waals surface area (Å²) in [6.45, 7) is 4.23. The number of pyridine rings is 1. The summed E-state index contributed by atoms with van der Waals surface area (Å²) in [5.74, 6) is 0. The van der Waals surface area contributed by atoms with Gasteiger partial charge in [-0.25, -0.2) is 15.4 Å². The fraction of sp³-hybridized carbons (Fsp3) is 0.385. The zero-order chi connectivity index (χ0) is 12.9. The predicted octanol–water partition coefficient (Wildman–Crippen LogP) is 1.54. The Kier molecular flexibility index (Phi) is 4.14. The Hall–Kier alpha value is -1.34. The van der Waals surface area contributed by atoms with Gasteiger partial charge in [0.05, 0.1) is 24.6 Å². The number of rotatable bonds is 4. The highest BCUT2D eigenvalue weighted by Gasteiger charge is 2.10. The number of hydrogen-bond donors (Lipinski definition) is 1. The van der Waals surface area contributed by atoms with Crippen molar-refractivity contribution in [3.63, 3.8) is 0 Å². The van der Waals surface area contributed by atoms with Crippen LogP contribution in [0.1, 0.15) is 5.01 Å². The molecule has 1 N–H and O–H groups in total. The third kappa shape index (κ3) is 3.36. The molecule has 100 valence electrons. The van der Waals surface area contributed by atoms with E-state index in [-0.39, 0.29) is 0 Å². The first-order chi connectivity index (χ1) is 9.42. The smallest absolute Gasteiger partial charge is 0.108 e. The van der Waals surface area contributed by atoms with Crippen LogP contribution in [-0.4, -0.2) is 41.3 Å². The lowest BCUT2D eigenvalue weighted by Crippen LogP contribution is -2.45. The number of nitrogens with one attached hydrogen (secondary N) is 1. The molecular weight excluding hydrogens is 260 g/mol. The van der Waals surface area contributed by atoms with Crippen LogP contribution < -0.4 is 5.43 Å². The van der Waals surface area contributed by atoms with Crippen molar-refractivity contribution in [1.82, 2.24) is 20.4 Å². The number of thiazole rings is 1. The molecule has 19 heavy (non-hydrogen) atoms. The monoisotopic (exact) mass is 276 g/mol. The van der Waals surface area contributed by atoms with E-state index in [4.69, 9.17) is 4.74 Å². The summed E-state index contributed by atoms with van der Waals surface area (Å²) in [6, 6.07) is 4.00. The molecule has 0 spiro atoms. The fourth-order valence-electron chi connectivity index (χ4n) is 1.93. The van der Waals surface area contributed by atoms with Crippen LogP contribution >= 0.6 is 11.3 Å². The Bertz CT molecular complexity index is 510. The topological polar surface area (TPSA) is 50.3 Å². The van der Waals surface area contributed by atoms with Crippen LogP contribution in [0.2, 0.25) is 0 Å². The molecule has 0 atom stereocenters. The van der Waals surface area contributed by atoms with E-state index in [0.717, 1.165) is 48.3 Å². The van der Waals surface area contributed by atoms with Crippen LogP contribution in [0.5, 0.6) is 0 Å². The first-order valence-corrected chi connectivity index (χ1v) is 7.15. The molecule has 0 saturated carbocycles. The Balaban J connectivity index is 1.59. The van der Waals surface area contributed by atoms with Crippen LogP contribution in [0.15, 0.2) is 30.7 Å². The van der Waals surface area contributed by atoms with Gasteiger partial charge in [-0.15, -0.1) is 11.3 Å². The highest BCUT2D eigenvalue weighted by Crippen LogP contribution is 2.24. The molecule has 2 aromatic rings. The van der Waals surface area contributed by atoms with Crippen LogP contribution in [0.25, 0.3) is 10.4 Å². The van der Waals surface area contributed by atoms with Gasteiger partial charge in [0.2, 0.25) is 0 Å². The van der Waals surface area contributed by atoms with Crippen molar-refractivity contribution in [2.45, 2.75) is 6.54 Å². The summed E-state index contributed by atoms with van der Waals surface area (Å²) in [7, 11) is 0. The van der Waals surface area contributed by atoms with Gasteiger partial charge in [-0.05, 0) is 6.07 Å². The molecule has 3 heterocycles. The van der Waals surface area contributed by atoms with Crippen molar-refractivity contribution in [2.24, 2.45) is 0 Å². The average molecular weight is 276 g/mol. The molecule has 1 fully saturated rings. The number of morpholine rings is 1. The lowest BCUT2D eigenvalue weighted by Gasteiger charge is -2.26. The summed E-state index contributed by atoms with van der Waals surface area (Å²) in [5.41, 5.74) is 4.51. The minimum Gasteiger partial charge on any atom is -0.379 e. The van der Waals surface area contributed by atoms with Gasteiger partial charge in [0.15, 0.2) is 0 Å². The van der Waals surface area contributed by atoms with Gasteiger partial charge in [-0.3, -0.25) is 4.98 Å². The van der Waals surface area contributed by atoms with Crippen LogP contribution in [0.4, 0.5) is 0 Å². The second-order valence-electron chi connectivity index (χ2n) is 4.29. The lowest BCUT2D eigenvalue weighted by atomic mass is 10.3. The van der Waals surface area contributed by atoms with Gasteiger partial charge in [-0.2, -0.15) is 0 Å². The molecular formula is C13H16N4OS. The first kappa shape index (κ1) is 12.7. The highest BCUT2D eigenvalue weighted by atomic mass is 32.1. The third-order valence-corrected chi connectivity index (χ3v) is 4.01. The summed E-state index contributed by atoms with van der Waals surface area (Å²) >= 11 is 1.70. The highest BCUT2D eigenvalue weighted by molar-refractivity contribution is 7.15. The maximum Gasteiger partial charge on any atom is 0.108 e. The predicted molar refractivity (Wildman–Crippen MR) is 74.6 cm³/mol. The minimum atomic E-state index is 0.769. The van der Waals surface area contributed by atoms with E-state index in [0.29, 0.717) is 0 Å². The molecule has 6 heteroatoms. The molecule has 1 saturated heterocycles. The van der Waals surface area contributed by atoms with Gasteiger partial charge < -0.3 is 4.74 Å². The van der Waals surface area contributed by atoms with E-state index in [1.807, 2.05) is 18.5 Å². The van der Waals surface area contributed by atoms with Crippen molar-refractivity contribution in [2.75, 3.05) is 26.3 Å². The molecule has 0 amide bonds. The quantitative estimate of drug-likeness (QED) is 0.918. The third-order valence-electron chi connectivity index (χ3n) is 2.96.